The Balaban J connectivity index is 2.16. The fraction of sp³-hybridized carbons (Fsp3) is 0.133. The second kappa shape index (κ2) is 7.48. The Labute approximate surface area is 141 Å². The Morgan fingerprint density at radius 1 is 1.13 bits per heavy atom. The van der Waals surface area contributed by atoms with E-state index in [1.54, 1.807) is 31.2 Å². The van der Waals surface area contributed by atoms with Gasteiger partial charge in [0.2, 0.25) is 0 Å². The van der Waals surface area contributed by atoms with E-state index in [1.807, 2.05) is 0 Å². The lowest BCUT2D eigenvalue weighted by molar-refractivity contribution is -0.0493. The van der Waals surface area contributed by atoms with Crippen LogP contribution in [0.5, 0.6) is 5.75 Å². The molecule has 0 unspecified atom stereocenters. The van der Waals surface area contributed by atoms with E-state index in [-0.39, 0.29) is 21.5 Å². The van der Waals surface area contributed by atoms with Gasteiger partial charge in [0.05, 0.1) is 21.4 Å². The predicted molar refractivity (Wildman–Crippen MR) is 86.9 cm³/mol. The first kappa shape index (κ1) is 17.3. The lowest BCUT2D eigenvalue weighted by atomic mass is 10.2. The summed E-state index contributed by atoms with van der Waals surface area (Å²) in [5, 5.41) is 5.39. The SMILES string of the molecule is Cc1ccc(OC(F)F)c(NC(=O)Nc2cccc(Cl)c2Cl)c1. The number of carbonyl (C=O) groups is 1. The first-order valence-corrected chi connectivity index (χ1v) is 7.20. The molecule has 2 aromatic rings. The molecule has 23 heavy (non-hydrogen) atoms. The van der Waals surface area contributed by atoms with E-state index in [9.17, 15) is 13.6 Å². The van der Waals surface area contributed by atoms with Gasteiger partial charge in [-0.3, -0.25) is 0 Å². The molecule has 0 atom stereocenters. The second-order valence-corrected chi connectivity index (χ2v) is 5.34. The predicted octanol–water partition coefficient (Wildman–Crippen LogP) is 5.55. The van der Waals surface area contributed by atoms with Crippen molar-refractivity contribution in [1.29, 1.82) is 0 Å². The maximum atomic E-state index is 12.4. The molecule has 0 fully saturated rings. The van der Waals surface area contributed by atoms with Gasteiger partial charge in [-0.1, -0.05) is 35.3 Å². The molecule has 2 amide bonds. The third-order valence-electron chi connectivity index (χ3n) is 2.80. The lowest BCUT2D eigenvalue weighted by Crippen LogP contribution is -2.20. The number of benzene rings is 2. The summed E-state index contributed by atoms with van der Waals surface area (Å²) in [5.41, 5.74) is 1.17. The van der Waals surface area contributed by atoms with Crippen LogP contribution in [0.15, 0.2) is 36.4 Å². The highest BCUT2D eigenvalue weighted by atomic mass is 35.5. The van der Waals surface area contributed by atoms with Crippen molar-refractivity contribution in [3.05, 3.63) is 52.0 Å². The molecule has 0 aromatic heterocycles. The molecule has 0 aliphatic rings. The number of nitrogens with one attached hydrogen (secondary N) is 2. The van der Waals surface area contributed by atoms with Crippen LogP contribution in [-0.4, -0.2) is 12.6 Å². The molecule has 2 N–H and O–H groups in total. The minimum absolute atomic E-state index is 0.112. The van der Waals surface area contributed by atoms with Crippen molar-refractivity contribution in [1.82, 2.24) is 0 Å². The van der Waals surface area contributed by atoms with Crippen LogP contribution in [0, 0.1) is 6.92 Å². The number of halogens is 4. The number of urea groups is 1. The van der Waals surface area contributed by atoms with Crippen LogP contribution in [0.2, 0.25) is 10.0 Å². The lowest BCUT2D eigenvalue weighted by Gasteiger charge is -2.14. The van der Waals surface area contributed by atoms with Crippen molar-refractivity contribution in [3.63, 3.8) is 0 Å². The molecule has 0 bridgehead atoms. The van der Waals surface area contributed by atoms with Gasteiger partial charge in [-0.05, 0) is 36.8 Å². The van der Waals surface area contributed by atoms with Crippen LogP contribution in [-0.2, 0) is 0 Å². The van der Waals surface area contributed by atoms with Crippen molar-refractivity contribution in [2.75, 3.05) is 10.6 Å². The highest BCUT2D eigenvalue weighted by Gasteiger charge is 2.13. The summed E-state index contributed by atoms with van der Waals surface area (Å²) < 4.78 is 29.2. The van der Waals surface area contributed by atoms with Crippen LogP contribution in [0.4, 0.5) is 25.0 Å². The smallest absolute Gasteiger partial charge is 0.387 e. The number of ether oxygens (including phenoxy) is 1. The number of alkyl halides is 2. The highest BCUT2D eigenvalue weighted by molar-refractivity contribution is 6.44. The molecule has 0 saturated carbocycles. The molecule has 122 valence electrons. The largest absolute Gasteiger partial charge is 0.433 e. The number of anilines is 2. The van der Waals surface area contributed by atoms with E-state index in [4.69, 9.17) is 23.2 Å². The van der Waals surface area contributed by atoms with E-state index in [2.05, 4.69) is 15.4 Å². The van der Waals surface area contributed by atoms with E-state index < -0.39 is 12.6 Å². The Bertz CT molecular complexity index is 727. The normalized spacial score (nSPS) is 10.5. The van der Waals surface area contributed by atoms with Crippen molar-refractivity contribution >= 4 is 40.6 Å². The number of carbonyl (C=O) groups excluding carboxylic acids is 1. The molecule has 0 radical (unpaired) electrons. The Hall–Kier alpha value is -2.05. The quantitative estimate of drug-likeness (QED) is 0.751. The van der Waals surface area contributed by atoms with Crippen LogP contribution >= 0.6 is 23.2 Å². The molecular formula is C15H12Cl2F2N2O2. The summed E-state index contributed by atoms with van der Waals surface area (Å²) in [4.78, 5) is 12.0. The summed E-state index contributed by atoms with van der Waals surface area (Å²) in [6.45, 7) is -1.24. The van der Waals surface area contributed by atoms with Gasteiger partial charge in [-0.25, -0.2) is 4.79 Å². The average Bonchev–Trinajstić information content (AvgIpc) is 2.46. The van der Waals surface area contributed by atoms with Crippen LogP contribution in [0.1, 0.15) is 5.56 Å². The second-order valence-electron chi connectivity index (χ2n) is 4.56. The zero-order chi connectivity index (χ0) is 17.0. The minimum Gasteiger partial charge on any atom is -0.433 e. The third kappa shape index (κ3) is 4.71. The summed E-state index contributed by atoms with van der Waals surface area (Å²) in [6, 6.07) is 8.53. The fourth-order valence-electron chi connectivity index (χ4n) is 1.82. The van der Waals surface area contributed by atoms with Crippen molar-refractivity contribution < 1.29 is 18.3 Å². The van der Waals surface area contributed by atoms with Gasteiger partial charge < -0.3 is 15.4 Å². The summed E-state index contributed by atoms with van der Waals surface area (Å²) in [6.07, 6.45) is 0. The number of amides is 2. The molecule has 0 saturated heterocycles. The van der Waals surface area contributed by atoms with Gasteiger partial charge in [-0.15, -0.1) is 0 Å². The monoisotopic (exact) mass is 360 g/mol. The van der Waals surface area contributed by atoms with Crippen molar-refractivity contribution in [2.45, 2.75) is 13.5 Å². The standard InChI is InChI=1S/C15H12Cl2F2N2O2/c1-8-5-6-12(23-14(18)19)11(7-8)21-15(22)20-10-4-2-3-9(16)13(10)17/h2-7,14H,1H3,(H2,20,21,22). The maximum Gasteiger partial charge on any atom is 0.387 e. The van der Waals surface area contributed by atoms with E-state index >= 15 is 0 Å². The average molecular weight is 361 g/mol. The van der Waals surface area contributed by atoms with E-state index in [0.717, 1.165) is 5.56 Å². The van der Waals surface area contributed by atoms with Crippen LogP contribution in [0.25, 0.3) is 0 Å². The summed E-state index contributed by atoms with van der Waals surface area (Å²) in [5.74, 6) is -0.141. The molecule has 2 rings (SSSR count). The van der Waals surface area contributed by atoms with Gasteiger partial charge in [0.15, 0.2) is 0 Å². The maximum absolute atomic E-state index is 12.4. The molecule has 0 heterocycles. The first-order valence-electron chi connectivity index (χ1n) is 6.44. The van der Waals surface area contributed by atoms with E-state index in [1.165, 1.54) is 12.1 Å². The zero-order valence-corrected chi connectivity index (χ0v) is 13.4. The van der Waals surface area contributed by atoms with Gasteiger partial charge in [0.25, 0.3) is 0 Å². The van der Waals surface area contributed by atoms with Crippen LogP contribution < -0.4 is 15.4 Å². The topological polar surface area (TPSA) is 50.4 Å². The minimum atomic E-state index is -3.00. The Morgan fingerprint density at radius 3 is 2.52 bits per heavy atom. The van der Waals surface area contributed by atoms with Crippen molar-refractivity contribution in [3.8, 4) is 5.75 Å². The fourth-order valence-corrected chi connectivity index (χ4v) is 2.16. The number of hydrogen-bond acceptors (Lipinski definition) is 2. The van der Waals surface area contributed by atoms with Gasteiger partial charge in [0.1, 0.15) is 5.75 Å². The van der Waals surface area contributed by atoms with Crippen molar-refractivity contribution in [2.24, 2.45) is 0 Å². The van der Waals surface area contributed by atoms with Gasteiger partial charge >= 0.3 is 12.6 Å². The Morgan fingerprint density at radius 2 is 1.83 bits per heavy atom. The molecule has 0 aliphatic carbocycles. The molecule has 0 aliphatic heterocycles. The highest BCUT2D eigenvalue weighted by Crippen LogP contribution is 2.30. The number of rotatable bonds is 4. The molecule has 4 nitrogen and oxygen atoms in total. The zero-order valence-electron chi connectivity index (χ0n) is 11.9. The summed E-state index contributed by atoms with van der Waals surface area (Å²) in [7, 11) is 0. The van der Waals surface area contributed by atoms with Crippen LogP contribution in [0.3, 0.4) is 0 Å². The summed E-state index contributed by atoms with van der Waals surface area (Å²) >= 11 is 11.8. The molecule has 0 spiro atoms. The first-order chi connectivity index (χ1) is 10.9. The van der Waals surface area contributed by atoms with Gasteiger partial charge in [0, 0.05) is 0 Å². The van der Waals surface area contributed by atoms with E-state index in [0.29, 0.717) is 5.69 Å². The molecular weight excluding hydrogens is 349 g/mol. The van der Waals surface area contributed by atoms with Gasteiger partial charge in [-0.2, -0.15) is 8.78 Å². The molecule has 8 heteroatoms. The number of hydrogen-bond donors (Lipinski definition) is 2. The molecule has 2 aromatic carbocycles. The third-order valence-corrected chi connectivity index (χ3v) is 3.62. The number of aryl methyl sites for hydroxylation is 1. The Kier molecular flexibility index (Phi) is 5.63.